The molecule has 0 amide bonds. The van der Waals surface area contributed by atoms with Gasteiger partial charge in [0.1, 0.15) is 6.10 Å². The van der Waals surface area contributed by atoms with E-state index in [0.717, 1.165) is 77.0 Å². The quantitative estimate of drug-likeness (QED) is 0.110. The normalized spacial score (nSPS) is 12.5. The highest BCUT2D eigenvalue weighted by Gasteiger charge is 2.53. The van der Waals surface area contributed by atoms with Crippen molar-refractivity contribution in [1.82, 2.24) is 0 Å². The van der Waals surface area contributed by atoms with E-state index in [-0.39, 0.29) is 19.3 Å². The first-order valence-electron chi connectivity index (χ1n) is 13.5. The minimum Gasteiger partial charge on any atom is -0.440 e. The van der Waals surface area contributed by atoms with Crippen LogP contribution >= 0.6 is 0 Å². The molecular weight excluding hydrogens is 420 g/mol. The Balaban J connectivity index is 5.37. The summed E-state index contributed by atoms with van der Waals surface area (Å²) in [7, 11) is 0. The van der Waals surface area contributed by atoms with Gasteiger partial charge in [-0.2, -0.15) is 0 Å². The Morgan fingerprint density at radius 2 is 1.00 bits per heavy atom. The molecule has 0 aromatic carbocycles. The van der Waals surface area contributed by atoms with Crippen molar-refractivity contribution < 1.29 is 29.3 Å². The van der Waals surface area contributed by atoms with Gasteiger partial charge >= 0.3 is 5.97 Å². The number of esters is 1. The Labute approximate surface area is 201 Å². The molecule has 6 heteroatoms. The summed E-state index contributed by atoms with van der Waals surface area (Å²) >= 11 is 0. The molecule has 0 radical (unpaired) electrons. The summed E-state index contributed by atoms with van der Waals surface area (Å²) in [5, 5.41) is 20.3. The highest BCUT2D eigenvalue weighted by atomic mass is 16.6. The fourth-order valence-corrected chi connectivity index (χ4v) is 4.09. The van der Waals surface area contributed by atoms with Crippen molar-refractivity contribution in [2.24, 2.45) is 0 Å². The molecule has 0 aliphatic carbocycles. The number of hydrogen-bond donors (Lipinski definition) is 2. The van der Waals surface area contributed by atoms with Crippen LogP contribution in [0.25, 0.3) is 0 Å². The monoisotopic (exact) mass is 470 g/mol. The number of ketones is 2. The molecule has 1 unspecified atom stereocenters. The Bertz CT molecular complexity index is 505. The average molecular weight is 471 g/mol. The minimum atomic E-state index is -2.29. The van der Waals surface area contributed by atoms with Crippen molar-refractivity contribution in [3.8, 4) is 0 Å². The maximum Gasteiger partial charge on any atom is 0.307 e. The number of carbonyl (C=O) groups excluding carboxylic acids is 3. The van der Waals surface area contributed by atoms with Crippen LogP contribution in [0, 0.1) is 0 Å². The second-order valence-electron chi connectivity index (χ2n) is 9.25. The second-order valence-corrected chi connectivity index (χ2v) is 9.25. The van der Waals surface area contributed by atoms with Crippen LogP contribution in [0.15, 0.2) is 0 Å². The molecule has 0 bridgehead atoms. The molecule has 0 aromatic heterocycles. The van der Waals surface area contributed by atoms with E-state index in [1.165, 1.54) is 0 Å². The van der Waals surface area contributed by atoms with E-state index < -0.39 is 35.8 Å². The SMILES string of the molecule is CCCCCCCC(=O)OC(C(=O)CCCCCCC)(C(=O)CCCCCCC)C(O)CO. The maximum absolute atomic E-state index is 13.3. The van der Waals surface area contributed by atoms with Crippen molar-refractivity contribution in [3.63, 3.8) is 0 Å². The Morgan fingerprint density at radius 1 is 0.636 bits per heavy atom. The van der Waals surface area contributed by atoms with E-state index in [1.807, 2.05) is 0 Å². The maximum atomic E-state index is 13.3. The lowest BCUT2D eigenvalue weighted by Crippen LogP contribution is -2.60. The third kappa shape index (κ3) is 12.7. The van der Waals surface area contributed by atoms with Gasteiger partial charge < -0.3 is 14.9 Å². The molecule has 2 N–H and O–H groups in total. The lowest BCUT2D eigenvalue weighted by molar-refractivity contribution is -0.188. The highest BCUT2D eigenvalue weighted by molar-refractivity contribution is 6.12. The third-order valence-corrected chi connectivity index (χ3v) is 6.24. The molecule has 0 aliphatic heterocycles. The Kier molecular flexibility index (Phi) is 19.4. The molecule has 0 heterocycles. The molecule has 0 saturated carbocycles. The van der Waals surface area contributed by atoms with Gasteiger partial charge in [0.15, 0.2) is 11.6 Å². The number of Topliss-reactive ketones (excluding diaryl/α,β-unsaturated/α-hetero) is 2. The molecule has 194 valence electrons. The predicted octanol–water partition coefficient (Wildman–Crippen LogP) is 5.84. The van der Waals surface area contributed by atoms with Crippen LogP contribution < -0.4 is 0 Å². The van der Waals surface area contributed by atoms with Crippen molar-refractivity contribution in [2.45, 2.75) is 148 Å². The Morgan fingerprint density at radius 3 is 1.36 bits per heavy atom. The van der Waals surface area contributed by atoms with Gasteiger partial charge in [-0.25, -0.2) is 0 Å². The van der Waals surface area contributed by atoms with Crippen LogP contribution in [0.3, 0.4) is 0 Å². The van der Waals surface area contributed by atoms with Crippen molar-refractivity contribution >= 4 is 17.5 Å². The molecule has 33 heavy (non-hydrogen) atoms. The van der Waals surface area contributed by atoms with E-state index in [2.05, 4.69) is 20.8 Å². The van der Waals surface area contributed by atoms with Crippen LogP contribution in [-0.4, -0.2) is 46.1 Å². The van der Waals surface area contributed by atoms with Gasteiger partial charge in [0.25, 0.3) is 5.60 Å². The van der Waals surface area contributed by atoms with Crippen LogP contribution in [0.5, 0.6) is 0 Å². The zero-order valence-corrected chi connectivity index (χ0v) is 21.5. The first-order chi connectivity index (χ1) is 15.9. The summed E-state index contributed by atoms with van der Waals surface area (Å²) in [6, 6.07) is 0. The zero-order chi connectivity index (χ0) is 25.0. The summed E-state index contributed by atoms with van der Waals surface area (Å²) in [5.41, 5.74) is -2.29. The van der Waals surface area contributed by atoms with E-state index in [9.17, 15) is 24.6 Å². The molecule has 0 aliphatic rings. The van der Waals surface area contributed by atoms with Gasteiger partial charge in [-0.3, -0.25) is 14.4 Å². The summed E-state index contributed by atoms with van der Waals surface area (Å²) in [6.45, 7) is 5.51. The Hall–Kier alpha value is -1.27. The molecule has 1 atom stereocenters. The number of unbranched alkanes of at least 4 members (excludes halogenated alkanes) is 12. The van der Waals surface area contributed by atoms with Gasteiger partial charge in [-0.1, -0.05) is 97.8 Å². The lowest BCUT2D eigenvalue weighted by atomic mass is 9.82. The third-order valence-electron chi connectivity index (χ3n) is 6.24. The molecule has 0 fully saturated rings. The predicted molar refractivity (Wildman–Crippen MR) is 132 cm³/mol. The smallest absolute Gasteiger partial charge is 0.307 e. The van der Waals surface area contributed by atoms with Gasteiger partial charge in [-0.15, -0.1) is 0 Å². The molecule has 0 aromatic rings. The fraction of sp³-hybridized carbons (Fsp3) is 0.889. The van der Waals surface area contributed by atoms with Gasteiger partial charge in [0.05, 0.1) is 6.61 Å². The largest absolute Gasteiger partial charge is 0.440 e. The molecule has 0 rings (SSSR count). The second kappa shape index (κ2) is 20.1. The summed E-state index contributed by atoms with van der Waals surface area (Å²) < 4.78 is 5.53. The number of aliphatic hydroxyl groups is 2. The first-order valence-corrected chi connectivity index (χ1v) is 13.5. The van der Waals surface area contributed by atoms with Crippen LogP contribution in [0.2, 0.25) is 0 Å². The standard InChI is InChI=1S/C27H50O6/c1-4-7-10-13-16-19-23(29)27(25(31)22-28,24(30)20-17-14-11-8-5-2)33-26(32)21-18-15-12-9-6-3/h25,28,31H,4-22H2,1-3H3. The van der Waals surface area contributed by atoms with Crippen molar-refractivity contribution in [2.75, 3.05) is 6.61 Å². The topological polar surface area (TPSA) is 101 Å². The number of rotatable bonds is 23. The summed E-state index contributed by atoms with van der Waals surface area (Å²) in [6.07, 6.45) is 12.2. The van der Waals surface area contributed by atoms with Gasteiger partial charge in [0.2, 0.25) is 0 Å². The van der Waals surface area contributed by atoms with Crippen molar-refractivity contribution in [3.05, 3.63) is 0 Å². The van der Waals surface area contributed by atoms with E-state index in [1.54, 1.807) is 0 Å². The number of aliphatic hydroxyl groups excluding tert-OH is 2. The van der Waals surface area contributed by atoms with Gasteiger partial charge in [-0.05, 0) is 19.3 Å². The van der Waals surface area contributed by atoms with E-state index >= 15 is 0 Å². The summed E-state index contributed by atoms with van der Waals surface area (Å²) in [4.78, 5) is 39.1. The first kappa shape index (κ1) is 31.7. The number of hydrogen-bond acceptors (Lipinski definition) is 6. The number of carbonyl (C=O) groups is 3. The number of ether oxygens (including phenoxy) is 1. The molecule has 6 nitrogen and oxygen atoms in total. The van der Waals surface area contributed by atoms with Crippen LogP contribution in [-0.2, 0) is 19.1 Å². The van der Waals surface area contributed by atoms with Crippen LogP contribution in [0.4, 0.5) is 0 Å². The van der Waals surface area contributed by atoms with Crippen molar-refractivity contribution in [1.29, 1.82) is 0 Å². The van der Waals surface area contributed by atoms with E-state index in [4.69, 9.17) is 4.74 Å². The average Bonchev–Trinajstić information content (AvgIpc) is 2.81. The van der Waals surface area contributed by atoms with Gasteiger partial charge in [0, 0.05) is 19.3 Å². The summed E-state index contributed by atoms with van der Waals surface area (Å²) in [5.74, 6) is -1.82. The highest BCUT2D eigenvalue weighted by Crippen LogP contribution is 2.27. The van der Waals surface area contributed by atoms with Crippen LogP contribution in [0.1, 0.15) is 136 Å². The molecule has 0 saturated heterocycles. The molecule has 0 spiro atoms. The fourth-order valence-electron chi connectivity index (χ4n) is 4.09. The zero-order valence-electron chi connectivity index (χ0n) is 21.5. The van der Waals surface area contributed by atoms with E-state index in [0.29, 0.717) is 19.3 Å². The molecular formula is C27H50O6. The lowest BCUT2D eigenvalue weighted by Gasteiger charge is -2.34. The minimum absolute atomic E-state index is 0.0477.